The van der Waals surface area contributed by atoms with Crippen molar-refractivity contribution in [2.45, 2.75) is 26.3 Å². The molecule has 140 valence electrons. The number of carbonyl (C=O) groups excluding carboxylic acids is 1. The number of hydrogen-bond acceptors (Lipinski definition) is 3. The maximum absolute atomic E-state index is 12.2. The lowest BCUT2D eigenvalue weighted by Crippen LogP contribution is -2.28. The van der Waals surface area contributed by atoms with E-state index >= 15 is 0 Å². The van der Waals surface area contributed by atoms with E-state index in [4.69, 9.17) is 4.74 Å². The zero-order valence-electron chi connectivity index (χ0n) is 16.1. The summed E-state index contributed by atoms with van der Waals surface area (Å²) in [6.07, 6.45) is 0. The first kappa shape index (κ1) is 19.8. The molecule has 0 aromatic heterocycles. The molecule has 5 heteroatoms. The summed E-state index contributed by atoms with van der Waals surface area (Å²) in [4.78, 5) is 14.3. The van der Waals surface area contributed by atoms with Crippen LogP contribution in [0.15, 0.2) is 48.5 Å². The molecule has 0 radical (unpaired) electrons. The number of urea groups is 1. The van der Waals surface area contributed by atoms with Crippen LogP contribution in [0, 0.1) is 0 Å². The van der Waals surface area contributed by atoms with E-state index < -0.39 is 0 Å². The second kappa shape index (κ2) is 9.82. The molecule has 26 heavy (non-hydrogen) atoms. The van der Waals surface area contributed by atoms with Crippen molar-refractivity contribution in [3.8, 4) is 5.75 Å². The van der Waals surface area contributed by atoms with Gasteiger partial charge in [-0.25, -0.2) is 4.79 Å². The Morgan fingerprint density at radius 3 is 2.62 bits per heavy atom. The van der Waals surface area contributed by atoms with E-state index in [0.717, 1.165) is 29.1 Å². The number of para-hydroxylation sites is 1. The smallest absolute Gasteiger partial charge is 0.319 e. The number of rotatable bonds is 8. The molecule has 2 amide bonds. The number of likely N-dealkylation sites (N-methyl/N-ethyl adjacent to an activating group) is 1. The van der Waals surface area contributed by atoms with Crippen LogP contribution in [0.5, 0.6) is 5.75 Å². The molecule has 0 bridgehead atoms. The highest BCUT2D eigenvalue weighted by Crippen LogP contribution is 2.23. The van der Waals surface area contributed by atoms with Crippen LogP contribution < -0.4 is 15.4 Å². The number of benzene rings is 2. The van der Waals surface area contributed by atoms with E-state index in [1.54, 1.807) is 0 Å². The third-order valence-corrected chi connectivity index (χ3v) is 3.99. The monoisotopic (exact) mass is 355 g/mol. The topological polar surface area (TPSA) is 53.6 Å². The average molecular weight is 355 g/mol. The highest BCUT2D eigenvalue weighted by molar-refractivity contribution is 5.90. The summed E-state index contributed by atoms with van der Waals surface area (Å²) in [6.45, 7) is 6.16. The van der Waals surface area contributed by atoms with E-state index in [1.165, 1.54) is 0 Å². The summed E-state index contributed by atoms with van der Waals surface area (Å²) in [5.74, 6) is 1.17. The van der Waals surface area contributed by atoms with Crippen molar-refractivity contribution < 1.29 is 9.53 Å². The SMILES string of the molecule is CC(C)c1ccccc1NC(=O)NCc1cccc(OCCN(C)C)c1. The molecule has 2 N–H and O–H groups in total. The molecule has 0 aliphatic carbocycles. The van der Waals surface area contributed by atoms with Gasteiger partial charge in [-0.2, -0.15) is 0 Å². The van der Waals surface area contributed by atoms with Gasteiger partial charge in [0.25, 0.3) is 0 Å². The molecule has 0 saturated heterocycles. The first-order valence-electron chi connectivity index (χ1n) is 8.96. The lowest BCUT2D eigenvalue weighted by atomic mass is 10.0. The molecule has 0 fully saturated rings. The third-order valence-electron chi connectivity index (χ3n) is 3.99. The van der Waals surface area contributed by atoms with Gasteiger partial charge in [0.05, 0.1) is 0 Å². The summed E-state index contributed by atoms with van der Waals surface area (Å²) in [5.41, 5.74) is 2.97. The van der Waals surface area contributed by atoms with Crippen LogP contribution in [0.25, 0.3) is 0 Å². The Kier molecular flexibility index (Phi) is 7.48. The first-order chi connectivity index (χ1) is 12.5. The quantitative estimate of drug-likeness (QED) is 0.750. The molecule has 5 nitrogen and oxygen atoms in total. The van der Waals surface area contributed by atoms with Crippen LogP contribution in [-0.4, -0.2) is 38.2 Å². The van der Waals surface area contributed by atoms with E-state index in [0.29, 0.717) is 19.1 Å². The number of amides is 2. The van der Waals surface area contributed by atoms with Crippen LogP contribution >= 0.6 is 0 Å². The van der Waals surface area contributed by atoms with Crippen LogP contribution in [-0.2, 0) is 6.54 Å². The van der Waals surface area contributed by atoms with Crippen LogP contribution in [0.4, 0.5) is 10.5 Å². The maximum atomic E-state index is 12.2. The largest absolute Gasteiger partial charge is 0.492 e. The zero-order chi connectivity index (χ0) is 18.9. The van der Waals surface area contributed by atoms with Crippen molar-refractivity contribution in [2.24, 2.45) is 0 Å². The van der Waals surface area contributed by atoms with Gasteiger partial charge in [-0.15, -0.1) is 0 Å². The van der Waals surface area contributed by atoms with E-state index in [9.17, 15) is 4.79 Å². The predicted molar refractivity (Wildman–Crippen MR) is 107 cm³/mol. The second-order valence-electron chi connectivity index (χ2n) is 6.85. The molecule has 2 rings (SSSR count). The molecule has 0 aliphatic rings. The predicted octanol–water partition coefficient (Wildman–Crippen LogP) is 4.07. The highest BCUT2D eigenvalue weighted by Gasteiger charge is 2.09. The maximum Gasteiger partial charge on any atom is 0.319 e. The fourth-order valence-corrected chi connectivity index (χ4v) is 2.55. The van der Waals surface area contributed by atoms with Gasteiger partial charge < -0.3 is 20.3 Å². The van der Waals surface area contributed by atoms with Crippen LogP contribution in [0.2, 0.25) is 0 Å². The van der Waals surface area contributed by atoms with Gasteiger partial charge in [0.1, 0.15) is 12.4 Å². The standard InChI is InChI=1S/C21H29N3O2/c1-16(2)19-10-5-6-11-20(19)23-21(25)22-15-17-8-7-9-18(14-17)26-13-12-24(3)4/h5-11,14,16H,12-13,15H2,1-4H3,(H2,22,23,25). The van der Waals surface area contributed by atoms with Crippen molar-refractivity contribution in [3.05, 3.63) is 59.7 Å². The average Bonchev–Trinajstić information content (AvgIpc) is 2.60. The fraction of sp³-hybridized carbons (Fsp3) is 0.381. The Bertz CT molecular complexity index is 714. The summed E-state index contributed by atoms with van der Waals surface area (Å²) in [7, 11) is 4.03. The lowest BCUT2D eigenvalue weighted by molar-refractivity contribution is 0.251. The third kappa shape index (κ3) is 6.41. The highest BCUT2D eigenvalue weighted by atomic mass is 16.5. The molecule has 0 saturated carbocycles. The Hall–Kier alpha value is -2.53. The van der Waals surface area contributed by atoms with Crippen molar-refractivity contribution in [1.82, 2.24) is 10.2 Å². The van der Waals surface area contributed by atoms with Crippen molar-refractivity contribution in [3.63, 3.8) is 0 Å². The summed E-state index contributed by atoms with van der Waals surface area (Å²) >= 11 is 0. The Morgan fingerprint density at radius 2 is 1.88 bits per heavy atom. The molecule has 0 unspecified atom stereocenters. The van der Waals surface area contributed by atoms with Crippen LogP contribution in [0.3, 0.4) is 0 Å². The Morgan fingerprint density at radius 1 is 1.12 bits per heavy atom. The minimum Gasteiger partial charge on any atom is -0.492 e. The number of ether oxygens (including phenoxy) is 1. The van der Waals surface area contributed by atoms with E-state index in [2.05, 4.69) is 29.4 Å². The normalized spacial score (nSPS) is 10.8. The van der Waals surface area contributed by atoms with Crippen molar-refractivity contribution >= 4 is 11.7 Å². The molecular weight excluding hydrogens is 326 g/mol. The van der Waals surface area contributed by atoms with Gasteiger partial charge in [-0.1, -0.05) is 44.2 Å². The van der Waals surface area contributed by atoms with Gasteiger partial charge in [-0.3, -0.25) is 0 Å². The number of nitrogens with zero attached hydrogens (tertiary/aromatic N) is 1. The number of carbonyl (C=O) groups is 1. The minimum atomic E-state index is -0.211. The fourth-order valence-electron chi connectivity index (χ4n) is 2.55. The number of hydrogen-bond donors (Lipinski definition) is 2. The molecule has 0 spiro atoms. The van der Waals surface area contributed by atoms with Gasteiger partial charge in [0.2, 0.25) is 0 Å². The molecule has 0 atom stereocenters. The molecule has 2 aromatic carbocycles. The number of anilines is 1. The summed E-state index contributed by atoms with van der Waals surface area (Å²) < 4.78 is 5.73. The lowest BCUT2D eigenvalue weighted by Gasteiger charge is -2.14. The van der Waals surface area contributed by atoms with Gasteiger partial charge >= 0.3 is 6.03 Å². The molecular formula is C21H29N3O2. The molecule has 0 heterocycles. The van der Waals surface area contributed by atoms with Crippen molar-refractivity contribution in [2.75, 3.05) is 32.6 Å². The number of nitrogens with one attached hydrogen (secondary N) is 2. The van der Waals surface area contributed by atoms with E-state index in [-0.39, 0.29) is 6.03 Å². The summed E-state index contributed by atoms with van der Waals surface area (Å²) in [6, 6.07) is 15.5. The second-order valence-corrected chi connectivity index (χ2v) is 6.85. The van der Waals surface area contributed by atoms with Gasteiger partial charge in [0.15, 0.2) is 0 Å². The van der Waals surface area contributed by atoms with E-state index in [1.807, 2.05) is 62.6 Å². The minimum absolute atomic E-state index is 0.211. The van der Waals surface area contributed by atoms with Gasteiger partial charge in [0, 0.05) is 18.8 Å². The summed E-state index contributed by atoms with van der Waals surface area (Å²) in [5, 5.41) is 5.84. The molecule has 0 aliphatic heterocycles. The van der Waals surface area contributed by atoms with Gasteiger partial charge in [-0.05, 0) is 49.3 Å². The Labute approximate surface area is 156 Å². The van der Waals surface area contributed by atoms with Crippen LogP contribution in [0.1, 0.15) is 30.9 Å². The van der Waals surface area contributed by atoms with Crippen molar-refractivity contribution in [1.29, 1.82) is 0 Å². The first-order valence-corrected chi connectivity index (χ1v) is 8.96. The zero-order valence-corrected chi connectivity index (χ0v) is 16.1. The Balaban J connectivity index is 1.88. The molecule has 2 aromatic rings.